The Balaban J connectivity index is 0.00000225. The van der Waals surface area contributed by atoms with Crippen LogP contribution in [0.1, 0.15) is 37.8 Å². The van der Waals surface area contributed by atoms with Gasteiger partial charge in [-0.2, -0.15) is 5.10 Å². The van der Waals surface area contributed by atoms with Gasteiger partial charge in [0.15, 0.2) is 0 Å². The van der Waals surface area contributed by atoms with E-state index in [-0.39, 0.29) is 30.1 Å². The highest BCUT2D eigenvalue weighted by Crippen LogP contribution is 2.33. The largest absolute Gasteiger partial charge is 0.371 e. The molecule has 1 unspecified atom stereocenters. The number of fused-ring (bicyclic) bond motifs is 1. The first-order chi connectivity index (χ1) is 13.0. The van der Waals surface area contributed by atoms with Gasteiger partial charge in [-0.1, -0.05) is 6.92 Å². The monoisotopic (exact) mass is 405 g/mol. The average Bonchev–Trinajstić information content (AvgIpc) is 2.97. The topological polar surface area (TPSA) is 79.3 Å². The number of benzene rings is 1. The van der Waals surface area contributed by atoms with E-state index in [0.717, 1.165) is 36.1 Å². The summed E-state index contributed by atoms with van der Waals surface area (Å²) in [5, 5.41) is 11.5. The molecule has 2 fully saturated rings. The highest BCUT2D eigenvalue weighted by molar-refractivity contribution is 6.02. The number of imide groups is 1. The van der Waals surface area contributed by atoms with Crippen LogP contribution in [-0.2, 0) is 16.6 Å². The standard InChI is InChI=1S/C20H27N5O2.ClH/c1-12-11-25(9-8-16(12)21-2)13-4-5-14-17(10-13)24(3)23-19(14)15-6-7-18(26)22-20(15)27;/h4-5,10,12,15-16,21H,6-9,11H2,1-3H3,(H,22,26,27);1H/t12-,15?,16-;/m1./s1. The molecule has 2 aromatic rings. The molecule has 4 rings (SSSR count). The van der Waals surface area contributed by atoms with Crippen molar-refractivity contribution in [2.24, 2.45) is 13.0 Å². The molecule has 0 radical (unpaired) electrons. The molecule has 152 valence electrons. The van der Waals surface area contributed by atoms with Gasteiger partial charge in [0.05, 0.1) is 17.1 Å². The number of aryl methyl sites for hydroxylation is 1. The number of carbonyl (C=O) groups excluding carboxylic acids is 2. The molecule has 28 heavy (non-hydrogen) atoms. The molecular formula is C20H28ClN5O2. The lowest BCUT2D eigenvalue weighted by Crippen LogP contribution is -2.47. The lowest BCUT2D eigenvalue weighted by molar-refractivity contribution is -0.134. The van der Waals surface area contributed by atoms with Crippen LogP contribution in [0.4, 0.5) is 5.69 Å². The maximum Gasteiger partial charge on any atom is 0.235 e. The highest BCUT2D eigenvalue weighted by atomic mass is 35.5. The fourth-order valence-corrected chi connectivity index (χ4v) is 4.49. The first kappa shape index (κ1) is 20.6. The third kappa shape index (κ3) is 3.61. The number of halogens is 1. The van der Waals surface area contributed by atoms with Crippen LogP contribution in [0.2, 0.25) is 0 Å². The fourth-order valence-electron chi connectivity index (χ4n) is 4.49. The second-order valence-electron chi connectivity index (χ2n) is 7.82. The lowest BCUT2D eigenvalue weighted by Gasteiger charge is -2.38. The summed E-state index contributed by atoms with van der Waals surface area (Å²) >= 11 is 0. The van der Waals surface area contributed by atoms with Crippen molar-refractivity contribution in [3.8, 4) is 0 Å². The molecule has 2 aliphatic rings. The number of aromatic nitrogens is 2. The second-order valence-corrected chi connectivity index (χ2v) is 7.82. The molecule has 0 saturated carbocycles. The molecule has 0 spiro atoms. The number of hydrogen-bond acceptors (Lipinski definition) is 5. The van der Waals surface area contributed by atoms with Gasteiger partial charge in [-0.3, -0.25) is 19.6 Å². The summed E-state index contributed by atoms with van der Waals surface area (Å²) in [6, 6.07) is 6.95. The van der Waals surface area contributed by atoms with Gasteiger partial charge in [0, 0.05) is 43.7 Å². The summed E-state index contributed by atoms with van der Waals surface area (Å²) < 4.78 is 1.85. The van der Waals surface area contributed by atoms with E-state index in [1.54, 1.807) is 0 Å². The van der Waals surface area contributed by atoms with Gasteiger partial charge in [0.1, 0.15) is 0 Å². The van der Waals surface area contributed by atoms with Crippen molar-refractivity contribution in [2.75, 3.05) is 25.0 Å². The predicted molar refractivity (Wildman–Crippen MR) is 112 cm³/mol. The van der Waals surface area contributed by atoms with E-state index in [1.807, 2.05) is 18.8 Å². The molecule has 0 aliphatic carbocycles. The number of piperidine rings is 2. The Morgan fingerprint density at radius 3 is 2.71 bits per heavy atom. The van der Waals surface area contributed by atoms with Crippen LogP contribution in [0.5, 0.6) is 0 Å². The Morgan fingerprint density at radius 2 is 2.04 bits per heavy atom. The van der Waals surface area contributed by atoms with Crippen molar-refractivity contribution < 1.29 is 9.59 Å². The smallest absolute Gasteiger partial charge is 0.235 e. The quantitative estimate of drug-likeness (QED) is 0.763. The highest BCUT2D eigenvalue weighted by Gasteiger charge is 2.32. The Morgan fingerprint density at radius 1 is 1.25 bits per heavy atom. The molecule has 2 aliphatic heterocycles. The van der Waals surface area contributed by atoms with E-state index in [2.05, 4.69) is 45.8 Å². The maximum atomic E-state index is 12.3. The normalized spacial score (nSPS) is 25.5. The number of rotatable bonds is 3. The summed E-state index contributed by atoms with van der Waals surface area (Å²) in [6.45, 7) is 4.34. The van der Waals surface area contributed by atoms with E-state index in [4.69, 9.17) is 0 Å². The van der Waals surface area contributed by atoms with Crippen molar-refractivity contribution in [3.63, 3.8) is 0 Å². The van der Waals surface area contributed by atoms with Gasteiger partial charge in [-0.25, -0.2) is 0 Å². The maximum absolute atomic E-state index is 12.3. The van der Waals surface area contributed by atoms with Crippen LogP contribution in [0, 0.1) is 5.92 Å². The zero-order valence-electron chi connectivity index (χ0n) is 16.6. The van der Waals surface area contributed by atoms with Crippen molar-refractivity contribution in [1.29, 1.82) is 0 Å². The molecule has 7 nitrogen and oxygen atoms in total. The Bertz CT molecular complexity index is 896. The van der Waals surface area contributed by atoms with Crippen molar-refractivity contribution in [1.82, 2.24) is 20.4 Å². The van der Waals surface area contributed by atoms with Gasteiger partial charge in [-0.05, 0) is 44.0 Å². The Hall–Kier alpha value is -2.12. The molecule has 0 bridgehead atoms. The van der Waals surface area contributed by atoms with Crippen LogP contribution in [0.25, 0.3) is 10.9 Å². The van der Waals surface area contributed by atoms with Gasteiger partial charge in [0.25, 0.3) is 0 Å². The Kier molecular flexibility index (Phi) is 5.95. The SMILES string of the molecule is CN[C@@H]1CCN(c2ccc3c(C4CCC(=O)NC4=O)nn(C)c3c2)C[C@H]1C.Cl. The van der Waals surface area contributed by atoms with E-state index in [1.165, 1.54) is 5.69 Å². The average molecular weight is 406 g/mol. The van der Waals surface area contributed by atoms with Crippen LogP contribution in [0.3, 0.4) is 0 Å². The Labute approximate surface area is 171 Å². The molecule has 3 heterocycles. The van der Waals surface area contributed by atoms with Gasteiger partial charge >= 0.3 is 0 Å². The van der Waals surface area contributed by atoms with Gasteiger partial charge in [0.2, 0.25) is 11.8 Å². The van der Waals surface area contributed by atoms with E-state index in [0.29, 0.717) is 24.8 Å². The summed E-state index contributed by atoms with van der Waals surface area (Å²) in [6.07, 6.45) is 2.01. The number of nitrogens with one attached hydrogen (secondary N) is 2. The first-order valence-electron chi connectivity index (χ1n) is 9.70. The van der Waals surface area contributed by atoms with Crippen LogP contribution < -0.4 is 15.5 Å². The van der Waals surface area contributed by atoms with Crippen molar-refractivity contribution >= 4 is 40.8 Å². The molecule has 2 N–H and O–H groups in total. The first-order valence-corrected chi connectivity index (χ1v) is 9.70. The molecule has 3 atom stereocenters. The minimum atomic E-state index is -0.358. The van der Waals surface area contributed by atoms with E-state index < -0.39 is 0 Å². The third-order valence-electron chi connectivity index (χ3n) is 6.07. The van der Waals surface area contributed by atoms with Gasteiger partial charge < -0.3 is 10.2 Å². The summed E-state index contributed by atoms with van der Waals surface area (Å²) in [5.41, 5.74) is 2.99. The number of amides is 2. The van der Waals surface area contributed by atoms with Crippen molar-refractivity contribution in [3.05, 3.63) is 23.9 Å². The molecule has 1 aromatic carbocycles. The molecule has 2 saturated heterocycles. The minimum absolute atomic E-state index is 0. The van der Waals surface area contributed by atoms with Crippen LogP contribution >= 0.6 is 12.4 Å². The zero-order valence-corrected chi connectivity index (χ0v) is 17.4. The lowest BCUT2D eigenvalue weighted by atomic mass is 9.92. The minimum Gasteiger partial charge on any atom is -0.371 e. The number of anilines is 1. The van der Waals surface area contributed by atoms with Gasteiger partial charge in [-0.15, -0.1) is 12.4 Å². The zero-order chi connectivity index (χ0) is 19.1. The second kappa shape index (κ2) is 8.09. The van der Waals surface area contributed by atoms with Crippen LogP contribution in [-0.4, -0.2) is 47.8 Å². The number of carbonyl (C=O) groups is 2. The summed E-state index contributed by atoms with van der Waals surface area (Å²) in [4.78, 5) is 26.1. The number of nitrogens with zero attached hydrogens (tertiary/aromatic N) is 3. The summed E-state index contributed by atoms with van der Waals surface area (Å²) in [5.74, 6) is -0.204. The van der Waals surface area contributed by atoms with Crippen molar-refractivity contribution in [2.45, 2.75) is 38.1 Å². The predicted octanol–water partition coefficient (Wildman–Crippen LogP) is 1.95. The third-order valence-corrected chi connectivity index (χ3v) is 6.07. The van der Waals surface area contributed by atoms with E-state index >= 15 is 0 Å². The molecule has 1 aromatic heterocycles. The summed E-state index contributed by atoms with van der Waals surface area (Å²) in [7, 11) is 3.95. The fraction of sp³-hybridized carbons (Fsp3) is 0.550. The molecular weight excluding hydrogens is 378 g/mol. The molecule has 2 amide bonds. The molecule has 8 heteroatoms. The van der Waals surface area contributed by atoms with Crippen LogP contribution in [0.15, 0.2) is 18.2 Å². The van der Waals surface area contributed by atoms with E-state index in [9.17, 15) is 9.59 Å². The number of hydrogen-bond donors (Lipinski definition) is 2.